The van der Waals surface area contributed by atoms with E-state index in [2.05, 4.69) is 4.98 Å². The molecule has 0 bridgehead atoms. The predicted octanol–water partition coefficient (Wildman–Crippen LogP) is 1.86. The van der Waals surface area contributed by atoms with Crippen LogP contribution in [0.15, 0.2) is 29.1 Å². The van der Waals surface area contributed by atoms with Gasteiger partial charge in [0, 0.05) is 13.1 Å². The first-order valence-corrected chi connectivity index (χ1v) is 9.08. The first-order valence-electron chi connectivity index (χ1n) is 8.67. The highest BCUT2D eigenvalue weighted by Crippen LogP contribution is 2.18. The monoisotopic (exact) mass is 375 g/mol. The Morgan fingerprint density at radius 2 is 2.12 bits per heavy atom. The molecule has 1 N–H and O–H groups in total. The lowest BCUT2D eigenvalue weighted by atomic mass is 9.98. The van der Waals surface area contributed by atoms with Crippen LogP contribution in [0.3, 0.4) is 0 Å². The van der Waals surface area contributed by atoms with Gasteiger partial charge >= 0.3 is 5.97 Å². The van der Waals surface area contributed by atoms with Crippen molar-refractivity contribution in [2.45, 2.75) is 26.3 Å². The van der Waals surface area contributed by atoms with E-state index in [1.165, 1.54) is 4.57 Å². The van der Waals surface area contributed by atoms with Gasteiger partial charge in [0.25, 0.3) is 5.56 Å². The molecule has 1 aromatic carbocycles. The highest BCUT2D eigenvalue weighted by Gasteiger charge is 2.29. The van der Waals surface area contributed by atoms with Crippen LogP contribution in [-0.2, 0) is 20.9 Å². The number of benzene rings is 1. The molecule has 2 heterocycles. The summed E-state index contributed by atoms with van der Waals surface area (Å²) in [5, 5.41) is 0.483. The van der Waals surface area contributed by atoms with Gasteiger partial charge in [-0.3, -0.25) is 19.0 Å². The van der Waals surface area contributed by atoms with E-state index in [4.69, 9.17) is 17.0 Å². The molecule has 26 heavy (non-hydrogen) atoms. The fourth-order valence-electron chi connectivity index (χ4n) is 3.23. The molecule has 1 amide bonds. The van der Waals surface area contributed by atoms with Gasteiger partial charge in [-0.15, -0.1) is 0 Å². The maximum absolute atomic E-state index is 12.7. The largest absolute Gasteiger partial charge is 0.466 e. The third-order valence-electron chi connectivity index (χ3n) is 4.58. The van der Waals surface area contributed by atoms with Gasteiger partial charge < -0.3 is 14.6 Å². The molecule has 1 aliphatic rings. The molecule has 1 aliphatic heterocycles. The quantitative estimate of drug-likeness (QED) is 0.651. The number of rotatable bonds is 4. The van der Waals surface area contributed by atoms with E-state index in [0.29, 0.717) is 37.0 Å². The van der Waals surface area contributed by atoms with Gasteiger partial charge in [-0.1, -0.05) is 12.1 Å². The molecular weight excluding hydrogens is 354 g/mol. The number of hydrogen-bond acceptors (Lipinski definition) is 5. The maximum Gasteiger partial charge on any atom is 0.310 e. The van der Waals surface area contributed by atoms with Crippen molar-refractivity contribution in [1.29, 1.82) is 0 Å². The van der Waals surface area contributed by atoms with Crippen molar-refractivity contribution in [3.8, 4) is 0 Å². The number of fused-ring (bicyclic) bond motifs is 1. The number of nitrogens with zero attached hydrogens (tertiary/aromatic N) is 2. The van der Waals surface area contributed by atoms with Crippen LogP contribution in [0.2, 0.25) is 0 Å². The van der Waals surface area contributed by atoms with Crippen LogP contribution >= 0.6 is 12.2 Å². The molecule has 0 radical (unpaired) electrons. The van der Waals surface area contributed by atoms with E-state index >= 15 is 0 Å². The summed E-state index contributed by atoms with van der Waals surface area (Å²) in [5.41, 5.74) is 0.350. The second-order valence-corrected chi connectivity index (χ2v) is 6.68. The Hall–Kier alpha value is -2.48. The zero-order valence-electron chi connectivity index (χ0n) is 14.6. The first-order chi connectivity index (χ1) is 12.5. The fourth-order valence-corrected chi connectivity index (χ4v) is 3.49. The number of likely N-dealkylation sites (tertiary alicyclic amines) is 1. The van der Waals surface area contributed by atoms with Crippen LogP contribution in [0, 0.1) is 10.7 Å². The number of carbonyl (C=O) groups excluding carboxylic acids is 2. The molecule has 2 aromatic rings. The fraction of sp³-hybridized carbons (Fsp3) is 0.444. The lowest BCUT2D eigenvalue weighted by Crippen LogP contribution is -2.45. The zero-order chi connectivity index (χ0) is 18.7. The van der Waals surface area contributed by atoms with E-state index in [0.717, 1.165) is 6.42 Å². The molecule has 0 aliphatic carbocycles. The van der Waals surface area contributed by atoms with Crippen LogP contribution in [-0.4, -0.2) is 46.0 Å². The summed E-state index contributed by atoms with van der Waals surface area (Å²) in [5.74, 6) is -0.809. The number of nitrogens with one attached hydrogen (secondary N) is 1. The molecule has 1 aromatic heterocycles. The molecule has 1 unspecified atom stereocenters. The molecule has 1 fully saturated rings. The summed E-state index contributed by atoms with van der Waals surface area (Å²) in [6.07, 6.45) is 1.44. The molecule has 8 heteroatoms. The lowest BCUT2D eigenvalue weighted by Gasteiger charge is -2.31. The minimum Gasteiger partial charge on any atom is -0.466 e. The molecule has 1 atom stereocenters. The SMILES string of the molecule is CCOC(=O)C1CCCN(C(=O)Cn2c(=S)[nH]c3ccccc3c2=O)C1. The lowest BCUT2D eigenvalue weighted by molar-refractivity contribution is -0.151. The Morgan fingerprint density at radius 1 is 1.35 bits per heavy atom. The summed E-state index contributed by atoms with van der Waals surface area (Å²) < 4.78 is 6.54. The molecule has 1 saturated heterocycles. The summed E-state index contributed by atoms with van der Waals surface area (Å²) in [7, 11) is 0. The molecule has 7 nitrogen and oxygen atoms in total. The molecule has 138 valence electrons. The van der Waals surface area contributed by atoms with Crippen molar-refractivity contribution in [3.63, 3.8) is 0 Å². The van der Waals surface area contributed by atoms with Crippen LogP contribution < -0.4 is 5.56 Å². The minimum absolute atomic E-state index is 0.144. The van der Waals surface area contributed by atoms with Crippen molar-refractivity contribution in [1.82, 2.24) is 14.5 Å². The predicted molar refractivity (Wildman–Crippen MR) is 99.3 cm³/mol. The van der Waals surface area contributed by atoms with Crippen molar-refractivity contribution >= 4 is 35.0 Å². The van der Waals surface area contributed by atoms with Crippen LogP contribution in [0.25, 0.3) is 10.9 Å². The summed E-state index contributed by atoms with van der Waals surface area (Å²) in [6, 6.07) is 7.04. The maximum atomic E-state index is 12.7. The number of aromatic amines is 1. The Labute approximate surface area is 155 Å². The second-order valence-electron chi connectivity index (χ2n) is 6.30. The number of para-hydroxylation sites is 1. The average Bonchev–Trinajstić information content (AvgIpc) is 2.65. The van der Waals surface area contributed by atoms with Crippen LogP contribution in [0.1, 0.15) is 19.8 Å². The van der Waals surface area contributed by atoms with E-state index < -0.39 is 0 Å². The number of esters is 1. The van der Waals surface area contributed by atoms with Gasteiger partial charge in [-0.05, 0) is 44.1 Å². The highest BCUT2D eigenvalue weighted by atomic mass is 32.1. The number of H-pyrrole nitrogens is 1. The number of carbonyl (C=O) groups is 2. The Bertz CT molecular complexity index is 949. The Kier molecular flexibility index (Phi) is 5.51. The van der Waals surface area contributed by atoms with Gasteiger partial charge in [-0.2, -0.15) is 0 Å². The third kappa shape index (κ3) is 3.70. The van der Waals surface area contributed by atoms with Gasteiger partial charge in [0.1, 0.15) is 6.54 Å². The van der Waals surface area contributed by atoms with Crippen molar-refractivity contribution < 1.29 is 14.3 Å². The van der Waals surface area contributed by atoms with Crippen LogP contribution in [0.4, 0.5) is 0 Å². The topological polar surface area (TPSA) is 84.4 Å². The number of ether oxygens (including phenoxy) is 1. The van der Waals surface area contributed by atoms with E-state index in [9.17, 15) is 14.4 Å². The van der Waals surface area contributed by atoms with Gasteiger partial charge in [0.2, 0.25) is 5.91 Å². The standard InChI is InChI=1S/C18H21N3O4S/c1-2-25-17(24)12-6-5-9-20(10-12)15(22)11-21-16(23)13-7-3-4-8-14(13)19-18(21)26/h3-4,7-8,12H,2,5-6,9-11H2,1H3,(H,19,26). The second kappa shape index (κ2) is 7.82. The Morgan fingerprint density at radius 3 is 2.88 bits per heavy atom. The van der Waals surface area contributed by atoms with Crippen LogP contribution in [0.5, 0.6) is 0 Å². The number of hydrogen-bond donors (Lipinski definition) is 1. The van der Waals surface area contributed by atoms with Gasteiger partial charge in [-0.25, -0.2) is 0 Å². The molecular formula is C18H21N3O4S. The number of amides is 1. The van der Waals surface area contributed by atoms with E-state index in [1.807, 2.05) is 6.07 Å². The third-order valence-corrected chi connectivity index (χ3v) is 4.90. The summed E-state index contributed by atoms with van der Waals surface area (Å²) in [6.45, 7) is 2.82. The molecule has 0 saturated carbocycles. The molecule has 0 spiro atoms. The smallest absolute Gasteiger partial charge is 0.310 e. The first kappa shape index (κ1) is 18.3. The van der Waals surface area contributed by atoms with Crippen molar-refractivity contribution in [2.75, 3.05) is 19.7 Å². The van der Waals surface area contributed by atoms with Crippen molar-refractivity contribution in [3.05, 3.63) is 39.4 Å². The Balaban J connectivity index is 1.80. The highest BCUT2D eigenvalue weighted by molar-refractivity contribution is 7.71. The van der Waals surface area contributed by atoms with Gasteiger partial charge in [0.15, 0.2) is 4.77 Å². The number of piperidine rings is 1. The van der Waals surface area contributed by atoms with E-state index in [-0.39, 0.29) is 34.7 Å². The van der Waals surface area contributed by atoms with Crippen molar-refractivity contribution in [2.24, 2.45) is 5.92 Å². The summed E-state index contributed by atoms with van der Waals surface area (Å²) in [4.78, 5) is 41.9. The number of aromatic nitrogens is 2. The minimum atomic E-state index is -0.310. The zero-order valence-corrected chi connectivity index (χ0v) is 15.4. The average molecular weight is 375 g/mol. The normalized spacial score (nSPS) is 17.3. The van der Waals surface area contributed by atoms with Gasteiger partial charge in [0.05, 0.1) is 23.4 Å². The molecule has 3 rings (SSSR count). The van der Waals surface area contributed by atoms with E-state index in [1.54, 1.807) is 30.0 Å². The summed E-state index contributed by atoms with van der Waals surface area (Å²) >= 11 is 5.25.